The first-order valence-electron chi connectivity index (χ1n) is 2.38. The Morgan fingerprint density at radius 2 is 2.29 bits per heavy atom. The molecule has 0 spiro atoms. The highest BCUT2D eigenvalue weighted by Gasteiger charge is 1.82. The van der Waals surface area contributed by atoms with Crippen LogP contribution in [0.15, 0.2) is 0 Å². The molecule has 7 heavy (non-hydrogen) atoms. The van der Waals surface area contributed by atoms with Gasteiger partial charge in [-0.2, -0.15) is 0 Å². The molecule has 2 radical (unpaired) electrons. The Balaban J connectivity index is 2.68. The molecule has 0 aliphatic carbocycles. The largest absolute Gasteiger partial charge is 0.355 e. The predicted molar refractivity (Wildman–Crippen MR) is 32.3 cm³/mol. The van der Waals surface area contributed by atoms with Crippen LogP contribution in [0.3, 0.4) is 0 Å². The lowest BCUT2D eigenvalue weighted by atomic mass is 10.3. The van der Waals surface area contributed by atoms with Crippen molar-refractivity contribution in [3.63, 3.8) is 0 Å². The van der Waals surface area contributed by atoms with Crippen LogP contribution in [-0.2, 0) is 0 Å². The van der Waals surface area contributed by atoms with Gasteiger partial charge in [0, 0.05) is 6.54 Å². The fourth-order valence-corrected chi connectivity index (χ4v) is 0.288. The van der Waals surface area contributed by atoms with Crippen molar-refractivity contribution in [2.45, 2.75) is 0 Å². The summed E-state index contributed by atoms with van der Waals surface area (Å²) in [4.78, 5) is 1.65. The summed E-state index contributed by atoms with van der Waals surface area (Å²) in [5, 5.41) is 2.98. The van der Waals surface area contributed by atoms with Gasteiger partial charge in [0.25, 0.3) is 0 Å². The molecule has 0 aromatic heterocycles. The molecular weight excluding hydrogens is 86.9 g/mol. The van der Waals surface area contributed by atoms with Crippen molar-refractivity contribution in [3.05, 3.63) is 0 Å². The maximum atomic E-state index is 5.27. The minimum Gasteiger partial charge on any atom is -0.355 e. The Morgan fingerprint density at radius 3 is 2.43 bits per heavy atom. The number of nitrogens with zero attached hydrogens (tertiary/aromatic N) is 1. The average Bonchev–Trinajstić information content (AvgIpc) is 1.61. The van der Waals surface area contributed by atoms with Crippen molar-refractivity contribution in [1.82, 2.24) is 10.1 Å². The molecule has 0 unspecified atom stereocenters. The quantitative estimate of drug-likeness (QED) is 0.466. The van der Waals surface area contributed by atoms with Gasteiger partial charge in [-0.15, -0.1) is 0 Å². The molecule has 0 aromatic rings. The predicted octanol–water partition coefficient (Wildman–Crippen LogP) is -0.779. The van der Waals surface area contributed by atoms with Crippen LogP contribution in [0.5, 0.6) is 0 Å². The smallest absolute Gasteiger partial charge is 0.182 e. The van der Waals surface area contributed by atoms with Crippen LogP contribution in [-0.4, -0.2) is 40.0 Å². The molecule has 0 fully saturated rings. The standard InChI is InChI=1S/C4H11BN2/c1-6-3-4-7(2)5/h6H,3-4H2,1-2H3. The highest BCUT2D eigenvalue weighted by Crippen LogP contribution is 1.65. The van der Waals surface area contributed by atoms with Crippen LogP contribution >= 0.6 is 0 Å². The highest BCUT2D eigenvalue weighted by molar-refractivity contribution is 6.04. The molecule has 1 N–H and O–H groups in total. The van der Waals surface area contributed by atoms with Crippen LogP contribution in [0, 0.1) is 0 Å². The van der Waals surface area contributed by atoms with E-state index in [1.54, 1.807) is 4.81 Å². The third kappa shape index (κ3) is 5.98. The number of hydrogen-bond donors (Lipinski definition) is 1. The maximum absolute atomic E-state index is 5.27. The van der Waals surface area contributed by atoms with Gasteiger partial charge in [-0.25, -0.2) is 0 Å². The van der Waals surface area contributed by atoms with Gasteiger partial charge in [-0.05, 0) is 20.6 Å². The summed E-state index contributed by atoms with van der Waals surface area (Å²) >= 11 is 0. The van der Waals surface area contributed by atoms with E-state index in [4.69, 9.17) is 7.98 Å². The Hall–Kier alpha value is -0.0151. The first-order valence-corrected chi connectivity index (χ1v) is 2.38. The zero-order valence-electron chi connectivity index (χ0n) is 4.94. The summed E-state index contributed by atoms with van der Waals surface area (Å²) in [5.41, 5.74) is 0. The third-order valence-corrected chi connectivity index (χ3v) is 0.715. The Labute approximate surface area is 46.3 Å². The summed E-state index contributed by atoms with van der Waals surface area (Å²) in [5.74, 6) is 0. The van der Waals surface area contributed by atoms with E-state index < -0.39 is 0 Å². The van der Waals surface area contributed by atoms with Crippen LogP contribution in [0.1, 0.15) is 0 Å². The van der Waals surface area contributed by atoms with Crippen molar-refractivity contribution < 1.29 is 0 Å². The number of rotatable bonds is 3. The lowest BCUT2D eigenvalue weighted by Gasteiger charge is -2.07. The second kappa shape index (κ2) is 4.15. The minimum absolute atomic E-state index is 0.899. The van der Waals surface area contributed by atoms with E-state index in [1.807, 2.05) is 14.1 Å². The maximum Gasteiger partial charge on any atom is 0.182 e. The van der Waals surface area contributed by atoms with E-state index in [0.29, 0.717) is 0 Å². The topological polar surface area (TPSA) is 15.3 Å². The number of hydrogen-bond acceptors (Lipinski definition) is 2. The molecule has 0 amide bonds. The van der Waals surface area contributed by atoms with E-state index in [0.717, 1.165) is 13.1 Å². The normalized spacial score (nSPS) is 10.1. The van der Waals surface area contributed by atoms with Gasteiger partial charge >= 0.3 is 0 Å². The summed E-state index contributed by atoms with van der Waals surface area (Å²) < 4.78 is 0. The lowest BCUT2D eigenvalue weighted by Crippen LogP contribution is -2.24. The van der Waals surface area contributed by atoms with Crippen LogP contribution in [0.25, 0.3) is 0 Å². The van der Waals surface area contributed by atoms with Crippen LogP contribution in [0.4, 0.5) is 0 Å². The van der Waals surface area contributed by atoms with E-state index in [-0.39, 0.29) is 0 Å². The molecular formula is C4H11BN2. The van der Waals surface area contributed by atoms with Gasteiger partial charge < -0.3 is 10.1 Å². The van der Waals surface area contributed by atoms with E-state index in [1.165, 1.54) is 0 Å². The second-order valence-electron chi connectivity index (χ2n) is 1.58. The molecule has 0 saturated heterocycles. The van der Waals surface area contributed by atoms with Gasteiger partial charge in [0.05, 0.1) is 0 Å². The van der Waals surface area contributed by atoms with Crippen molar-refractivity contribution in [3.8, 4) is 0 Å². The van der Waals surface area contributed by atoms with Gasteiger partial charge in [-0.3, -0.25) is 0 Å². The van der Waals surface area contributed by atoms with Gasteiger partial charge in [-0.1, -0.05) is 0 Å². The van der Waals surface area contributed by atoms with E-state index in [2.05, 4.69) is 5.32 Å². The monoisotopic (exact) mass is 98.1 g/mol. The molecule has 0 aromatic carbocycles. The molecule has 0 saturated carbocycles. The average molecular weight is 98.0 g/mol. The zero-order valence-corrected chi connectivity index (χ0v) is 4.94. The molecule has 2 nitrogen and oxygen atoms in total. The van der Waals surface area contributed by atoms with Crippen molar-refractivity contribution >= 4 is 7.98 Å². The second-order valence-corrected chi connectivity index (χ2v) is 1.58. The van der Waals surface area contributed by atoms with E-state index >= 15 is 0 Å². The molecule has 0 aliphatic heterocycles. The molecule has 40 valence electrons. The minimum atomic E-state index is 0.899. The third-order valence-electron chi connectivity index (χ3n) is 0.715. The lowest BCUT2D eigenvalue weighted by molar-refractivity contribution is 0.531. The molecule has 0 atom stereocenters. The fourth-order valence-electron chi connectivity index (χ4n) is 0.288. The molecule has 3 heteroatoms. The molecule has 0 aliphatic rings. The van der Waals surface area contributed by atoms with Gasteiger partial charge in [0.15, 0.2) is 7.98 Å². The van der Waals surface area contributed by atoms with Crippen LogP contribution < -0.4 is 5.32 Å². The number of nitrogens with one attached hydrogen (secondary N) is 1. The zero-order chi connectivity index (χ0) is 5.70. The first kappa shape index (κ1) is 6.98. The summed E-state index contributed by atoms with van der Waals surface area (Å²) in [6.45, 7) is 1.85. The summed E-state index contributed by atoms with van der Waals surface area (Å²) in [6.07, 6.45) is 0. The summed E-state index contributed by atoms with van der Waals surface area (Å²) in [7, 11) is 9.02. The Morgan fingerprint density at radius 1 is 1.71 bits per heavy atom. The highest BCUT2D eigenvalue weighted by atomic mass is 15.0. The van der Waals surface area contributed by atoms with Crippen molar-refractivity contribution in [1.29, 1.82) is 0 Å². The molecule has 0 heterocycles. The van der Waals surface area contributed by atoms with Gasteiger partial charge in [0.2, 0.25) is 0 Å². The Kier molecular flexibility index (Phi) is 4.14. The van der Waals surface area contributed by atoms with Gasteiger partial charge in [0.1, 0.15) is 0 Å². The molecule has 0 rings (SSSR count). The Bertz CT molecular complexity index is 38.7. The SMILES string of the molecule is [B]N(C)CCNC. The van der Waals surface area contributed by atoms with E-state index in [9.17, 15) is 0 Å². The summed E-state index contributed by atoms with van der Waals surface area (Å²) in [6, 6.07) is 0. The molecule has 0 bridgehead atoms. The first-order chi connectivity index (χ1) is 3.27. The van der Waals surface area contributed by atoms with Crippen molar-refractivity contribution in [2.24, 2.45) is 0 Å². The number of likely N-dealkylation sites (N-methyl/N-ethyl adjacent to an activating group) is 2. The fraction of sp³-hybridized carbons (Fsp3) is 1.00. The van der Waals surface area contributed by atoms with Crippen molar-refractivity contribution in [2.75, 3.05) is 27.2 Å². The van der Waals surface area contributed by atoms with Crippen LogP contribution in [0.2, 0.25) is 0 Å².